The molecule has 0 spiro atoms. The van der Waals surface area contributed by atoms with Gasteiger partial charge in [0.2, 0.25) is 0 Å². The van der Waals surface area contributed by atoms with E-state index < -0.39 is 11.7 Å². The molecule has 3 rings (SSSR count). The van der Waals surface area contributed by atoms with Crippen molar-refractivity contribution in [2.75, 3.05) is 5.32 Å². The number of rotatable bonds is 3. The molecule has 3 aromatic rings. The fourth-order valence-electron chi connectivity index (χ4n) is 2.81. The Morgan fingerprint density at radius 2 is 1.88 bits per heavy atom. The van der Waals surface area contributed by atoms with Crippen LogP contribution < -0.4 is 5.32 Å². The highest BCUT2D eigenvalue weighted by molar-refractivity contribution is 7.08. The minimum atomic E-state index is -4.47. The summed E-state index contributed by atoms with van der Waals surface area (Å²) in [6.45, 7) is 3.32. The molecule has 7 heteroatoms. The zero-order valence-electron chi connectivity index (χ0n) is 13.5. The fraction of sp³-hybridized carbons (Fsp3) is 0.167. The third-order valence-electron chi connectivity index (χ3n) is 3.91. The lowest BCUT2D eigenvalue weighted by atomic mass is 10.1. The topological polar surface area (TPSA) is 34.0 Å². The lowest BCUT2D eigenvalue weighted by Gasteiger charge is -2.16. The first-order chi connectivity index (χ1) is 11.8. The molecule has 0 atom stereocenters. The highest BCUT2D eigenvalue weighted by Gasteiger charge is 2.34. The van der Waals surface area contributed by atoms with E-state index in [1.165, 1.54) is 28.0 Å². The van der Waals surface area contributed by atoms with Crippen molar-refractivity contribution in [1.82, 2.24) is 4.57 Å². The smallest absolute Gasteiger partial charge is 0.321 e. The molecule has 25 heavy (non-hydrogen) atoms. The van der Waals surface area contributed by atoms with E-state index in [4.69, 9.17) is 0 Å². The van der Waals surface area contributed by atoms with E-state index in [2.05, 4.69) is 5.32 Å². The van der Waals surface area contributed by atoms with E-state index in [9.17, 15) is 18.0 Å². The van der Waals surface area contributed by atoms with Gasteiger partial charge in [0.25, 0.3) is 5.91 Å². The van der Waals surface area contributed by atoms with Crippen LogP contribution >= 0.6 is 11.3 Å². The minimum absolute atomic E-state index is 0.0135. The summed E-state index contributed by atoms with van der Waals surface area (Å²) in [4.78, 5) is 12.5. The van der Waals surface area contributed by atoms with E-state index >= 15 is 0 Å². The Hall–Kier alpha value is -2.54. The number of alkyl halides is 3. The van der Waals surface area contributed by atoms with Crippen molar-refractivity contribution in [3.63, 3.8) is 0 Å². The predicted molar refractivity (Wildman–Crippen MR) is 92.5 cm³/mol. The van der Waals surface area contributed by atoms with E-state index in [0.717, 1.165) is 6.07 Å². The molecule has 1 N–H and O–H groups in total. The van der Waals surface area contributed by atoms with Gasteiger partial charge in [-0.15, -0.1) is 0 Å². The molecule has 3 nitrogen and oxygen atoms in total. The molecule has 2 aromatic heterocycles. The molecule has 0 radical (unpaired) electrons. The third-order valence-corrected chi connectivity index (χ3v) is 4.59. The van der Waals surface area contributed by atoms with E-state index in [0.29, 0.717) is 22.6 Å². The normalized spacial score (nSPS) is 11.6. The third kappa shape index (κ3) is 3.32. The van der Waals surface area contributed by atoms with Gasteiger partial charge < -0.3 is 9.88 Å². The molecule has 1 amide bonds. The zero-order chi connectivity index (χ0) is 18.2. The van der Waals surface area contributed by atoms with Gasteiger partial charge in [0.1, 0.15) is 0 Å². The second kappa shape index (κ2) is 6.40. The number of nitrogens with one attached hydrogen (secondary N) is 1. The molecule has 0 saturated carbocycles. The predicted octanol–water partition coefficient (Wildman–Crippen LogP) is 5.43. The number of hydrogen-bond donors (Lipinski definition) is 1. The van der Waals surface area contributed by atoms with Crippen molar-refractivity contribution in [2.24, 2.45) is 0 Å². The van der Waals surface area contributed by atoms with Gasteiger partial charge in [-0.2, -0.15) is 24.5 Å². The number of para-hydroxylation sites is 1. The summed E-state index contributed by atoms with van der Waals surface area (Å²) in [6.07, 6.45) is -4.47. The van der Waals surface area contributed by atoms with Gasteiger partial charge in [-0.05, 0) is 43.5 Å². The number of aromatic nitrogens is 1. The lowest BCUT2D eigenvalue weighted by molar-refractivity contribution is -0.137. The number of anilines is 1. The van der Waals surface area contributed by atoms with Crippen LogP contribution in [0.2, 0.25) is 0 Å². The van der Waals surface area contributed by atoms with E-state index in [1.807, 2.05) is 5.38 Å². The number of amides is 1. The first kappa shape index (κ1) is 17.3. The van der Waals surface area contributed by atoms with Gasteiger partial charge in [0.15, 0.2) is 0 Å². The molecule has 1 aromatic carbocycles. The van der Waals surface area contributed by atoms with Crippen molar-refractivity contribution in [1.29, 1.82) is 0 Å². The first-order valence-electron chi connectivity index (χ1n) is 7.48. The van der Waals surface area contributed by atoms with Crippen molar-refractivity contribution in [2.45, 2.75) is 20.0 Å². The maximum atomic E-state index is 13.3. The number of halogens is 3. The van der Waals surface area contributed by atoms with Gasteiger partial charge in [-0.1, -0.05) is 12.1 Å². The van der Waals surface area contributed by atoms with Crippen LogP contribution in [0, 0.1) is 13.8 Å². The minimum Gasteiger partial charge on any atom is -0.321 e. The molecule has 2 heterocycles. The molecule has 0 aliphatic carbocycles. The standard InChI is InChI=1S/C18H15F3N2OS/c1-11-9-14(17(24)22-13-7-8-25-10-13)12(2)23(11)16-6-4-3-5-15(16)18(19,20)21/h3-10H,1-2H3,(H,22,24). The van der Waals surface area contributed by atoms with E-state index in [-0.39, 0.29) is 11.6 Å². The fourth-order valence-corrected chi connectivity index (χ4v) is 3.39. The molecule has 0 saturated heterocycles. The quantitative estimate of drug-likeness (QED) is 0.661. The number of carbonyl (C=O) groups is 1. The second-order valence-electron chi connectivity index (χ2n) is 5.60. The molecule has 0 bridgehead atoms. The Bertz CT molecular complexity index is 911. The SMILES string of the molecule is Cc1cc(C(=O)Nc2ccsc2)c(C)n1-c1ccccc1C(F)(F)F. The number of carbonyl (C=O) groups excluding carboxylic acids is 1. The molecular weight excluding hydrogens is 349 g/mol. The summed E-state index contributed by atoms with van der Waals surface area (Å²) in [5.74, 6) is -0.345. The Morgan fingerprint density at radius 3 is 2.52 bits per heavy atom. The summed E-state index contributed by atoms with van der Waals surface area (Å²) in [7, 11) is 0. The van der Waals surface area contributed by atoms with Crippen LogP contribution in [0.4, 0.5) is 18.9 Å². The highest BCUT2D eigenvalue weighted by atomic mass is 32.1. The van der Waals surface area contributed by atoms with E-state index in [1.54, 1.807) is 37.4 Å². The van der Waals surface area contributed by atoms with Crippen LogP contribution in [0.25, 0.3) is 5.69 Å². The Kier molecular flexibility index (Phi) is 4.43. The lowest BCUT2D eigenvalue weighted by Crippen LogP contribution is -2.14. The van der Waals surface area contributed by atoms with Gasteiger partial charge >= 0.3 is 6.18 Å². The maximum absolute atomic E-state index is 13.3. The number of nitrogens with zero attached hydrogens (tertiary/aromatic N) is 1. The number of hydrogen-bond acceptors (Lipinski definition) is 2. The Balaban J connectivity index is 2.06. The molecule has 0 fully saturated rings. The number of thiophene rings is 1. The maximum Gasteiger partial charge on any atom is 0.418 e. The van der Waals surface area contributed by atoms with Crippen LogP contribution in [0.1, 0.15) is 27.3 Å². The molecular formula is C18H15F3N2OS. The number of benzene rings is 1. The van der Waals surface area contributed by atoms with Gasteiger partial charge in [-0.25, -0.2) is 0 Å². The van der Waals surface area contributed by atoms with Crippen LogP contribution in [0.15, 0.2) is 47.2 Å². The van der Waals surface area contributed by atoms with Crippen LogP contribution in [0.5, 0.6) is 0 Å². The number of aryl methyl sites for hydroxylation is 1. The highest BCUT2D eigenvalue weighted by Crippen LogP contribution is 2.35. The van der Waals surface area contributed by atoms with Gasteiger partial charge in [0, 0.05) is 16.8 Å². The van der Waals surface area contributed by atoms with Crippen molar-refractivity contribution in [3.8, 4) is 5.69 Å². The molecule has 0 unspecified atom stereocenters. The molecule has 130 valence electrons. The summed E-state index contributed by atoms with van der Waals surface area (Å²) >= 11 is 1.45. The average molecular weight is 364 g/mol. The molecule has 0 aliphatic heterocycles. The second-order valence-corrected chi connectivity index (χ2v) is 6.38. The van der Waals surface area contributed by atoms with Crippen molar-refractivity contribution in [3.05, 3.63) is 69.7 Å². The van der Waals surface area contributed by atoms with Crippen LogP contribution in [-0.4, -0.2) is 10.5 Å². The van der Waals surface area contributed by atoms with Gasteiger partial charge in [0.05, 0.1) is 22.5 Å². The average Bonchev–Trinajstić information content (AvgIpc) is 3.14. The first-order valence-corrected chi connectivity index (χ1v) is 8.42. The van der Waals surface area contributed by atoms with Gasteiger partial charge in [-0.3, -0.25) is 4.79 Å². The Labute approximate surface area is 146 Å². The monoisotopic (exact) mass is 364 g/mol. The Morgan fingerprint density at radius 1 is 1.16 bits per heavy atom. The molecule has 0 aliphatic rings. The summed E-state index contributed by atoms with van der Waals surface area (Å²) < 4.78 is 41.4. The largest absolute Gasteiger partial charge is 0.418 e. The van der Waals surface area contributed by atoms with Crippen LogP contribution in [0.3, 0.4) is 0 Å². The summed E-state index contributed by atoms with van der Waals surface area (Å²) in [6, 6.07) is 8.72. The zero-order valence-corrected chi connectivity index (χ0v) is 14.3. The summed E-state index contributed by atoms with van der Waals surface area (Å²) in [5, 5.41) is 6.37. The van der Waals surface area contributed by atoms with Crippen molar-refractivity contribution >= 4 is 22.9 Å². The summed E-state index contributed by atoms with van der Waals surface area (Å²) in [5.41, 5.74) is 1.31. The van der Waals surface area contributed by atoms with Crippen LogP contribution in [-0.2, 0) is 6.18 Å². The van der Waals surface area contributed by atoms with Crippen molar-refractivity contribution < 1.29 is 18.0 Å².